The first-order chi connectivity index (χ1) is 12.6. The Bertz CT molecular complexity index is 993. The van der Waals surface area contributed by atoms with Crippen molar-refractivity contribution in [1.29, 1.82) is 0 Å². The fraction of sp³-hybridized carbons (Fsp3) is 0.263. The first-order valence-corrected chi connectivity index (χ1v) is 9.35. The van der Waals surface area contributed by atoms with E-state index in [1.54, 1.807) is 11.1 Å². The van der Waals surface area contributed by atoms with Crippen molar-refractivity contribution >= 4 is 17.2 Å². The van der Waals surface area contributed by atoms with E-state index in [9.17, 15) is 9.59 Å². The molecule has 0 spiro atoms. The number of thiazole rings is 1. The highest BCUT2D eigenvalue weighted by Gasteiger charge is 2.34. The summed E-state index contributed by atoms with van der Waals surface area (Å²) in [6.07, 6.45) is 5.03. The number of hydrogen-bond acceptors (Lipinski definition) is 5. The Morgan fingerprint density at radius 2 is 2.19 bits per heavy atom. The highest BCUT2D eigenvalue weighted by atomic mass is 32.1. The van der Waals surface area contributed by atoms with Gasteiger partial charge in [0.15, 0.2) is 0 Å². The van der Waals surface area contributed by atoms with Gasteiger partial charge in [-0.05, 0) is 25.8 Å². The quantitative estimate of drug-likeness (QED) is 0.753. The summed E-state index contributed by atoms with van der Waals surface area (Å²) >= 11 is 1.51. The average Bonchev–Trinajstić information content (AvgIpc) is 3.35. The third-order valence-corrected chi connectivity index (χ3v) is 5.12. The molecule has 1 aliphatic rings. The second kappa shape index (κ2) is 6.84. The topological polar surface area (TPSA) is 79.0 Å². The van der Waals surface area contributed by atoms with Gasteiger partial charge in [-0.3, -0.25) is 9.59 Å². The highest BCUT2D eigenvalue weighted by molar-refractivity contribution is 7.09. The van der Waals surface area contributed by atoms with Gasteiger partial charge in [0.25, 0.3) is 11.5 Å². The van der Waals surface area contributed by atoms with Crippen LogP contribution in [0.25, 0.3) is 11.4 Å². The van der Waals surface area contributed by atoms with Crippen LogP contribution in [-0.2, 0) is 6.54 Å². The fourth-order valence-electron chi connectivity index (χ4n) is 2.87. The number of benzene rings is 1. The van der Waals surface area contributed by atoms with Crippen LogP contribution >= 0.6 is 11.3 Å². The molecule has 2 aromatic heterocycles. The molecule has 0 atom stereocenters. The van der Waals surface area contributed by atoms with Gasteiger partial charge in [-0.15, -0.1) is 11.3 Å². The lowest BCUT2D eigenvalue weighted by molar-refractivity contribution is 0.0727. The lowest BCUT2D eigenvalue weighted by Gasteiger charge is -2.20. The Balaban J connectivity index is 1.62. The van der Waals surface area contributed by atoms with Gasteiger partial charge in [-0.1, -0.05) is 23.8 Å². The number of aromatic nitrogens is 3. The van der Waals surface area contributed by atoms with E-state index in [1.165, 1.54) is 17.5 Å². The molecule has 0 saturated heterocycles. The first kappa shape index (κ1) is 16.7. The lowest BCUT2D eigenvalue weighted by Crippen LogP contribution is -2.36. The van der Waals surface area contributed by atoms with E-state index in [2.05, 4.69) is 15.0 Å². The predicted octanol–water partition coefficient (Wildman–Crippen LogP) is 3.01. The molecular weight excluding hydrogens is 348 g/mol. The number of carbonyl (C=O) groups excluding carboxylic acids is 1. The van der Waals surface area contributed by atoms with Crippen molar-refractivity contribution in [3.8, 4) is 11.4 Å². The van der Waals surface area contributed by atoms with E-state index < -0.39 is 5.56 Å². The molecule has 2 heterocycles. The maximum atomic E-state index is 12.9. The van der Waals surface area contributed by atoms with Gasteiger partial charge in [0.1, 0.15) is 16.4 Å². The Morgan fingerprint density at radius 1 is 1.35 bits per heavy atom. The Morgan fingerprint density at radius 3 is 2.85 bits per heavy atom. The molecule has 7 heteroatoms. The zero-order valence-electron chi connectivity index (χ0n) is 14.3. The van der Waals surface area contributed by atoms with Crippen molar-refractivity contribution in [2.24, 2.45) is 0 Å². The van der Waals surface area contributed by atoms with Crippen LogP contribution in [0.1, 0.15) is 33.8 Å². The summed E-state index contributed by atoms with van der Waals surface area (Å²) in [5.41, 5.74) is 1.56. The summed E-state index contributed by atoms with van der Waals surface area (Å²) in [6.45, 7) is 2.41. The number of rotatable bonds is 5. The maximum Gasteiger partial charge on any atom is 0.264 e. The molecule has 0 unspecified atom stereocenters. The summed E-state index contributed by atoms with van der Waals surface area (Å²) in [4.78, 5) is 38.5. The third-order valence-electron chi connectivity index (χ3n) is 4.36. The molecule has 132 valence electrons. The normalized spacial score (nSPS) is 13.6. The summed E-state index contributed by atoms with van der Waals surface area (Å²) in [7, 11) is 0. The van der Waals surface area contributed by atoms with Crippen molar-refractivity contribution in [3.63, 3.8) is 0 Å². The minimum atomic E-state index is -0.411. The summed E-state index contributed by atoms with van der Waals surface area (Å²) in [5, 5.41) is 2.75. The van der Waals surface area contributed by atoms with Crippen LogP contribution in [0, 0.1) is 6.92 Å². The number of carbonyl (C=O) groups is 1. The second-order valence-corrected chi connectivity index (χ2v) is 7.41. The lowest BCUT2D eigenvalue weighted by atomic mass is 10.1. The van der Waals surface area contributed by atoms with Crippen LogP contribution in [0.4, 0.5) is 0 Å². The van der Waals surface area contributed by atoms with E-state index in [4.69, 9.17) is 0 Å². The van der Waals surface area contributed by atoms with Crippen molar-refractivity contribution in [3.05, 3.63) is 68.5 Å². The molecule has 0 aliphatic heterocycles. The van der Waals surface area contributed by atoms with E-state index in [1.807, 2.05) is 36.6 Å². The van der Waals surface area contributed by atoms with Crippen molar-refractivity contribution in [2.45, 2.75) is 32.4 Å². The van der Waals surface area contributed by atoms with Gasteiger partial charge in [0, 0.05) is 29.4 Å². The first-order valence-electron chi connectivity index (χ1n) is 8.47. The van der Waals surface area contributed by atoms with E-state index in [-0.39, 0.29) is 17.5 Å². The molecule has 1 amide bonds. The zero-order chi connectivity index (χ0) is 18.1. The highest BCUT2D eigenvalue weighted by Crippen LogP contribution is 2.29. The minimum Gasteiger partial charge on any atom is -0.329 e. The van der Waals surface area contributed by atoms with Crippen molar-refractivity contribution in [2.75, 3.05) is 0 Å². The Labute approximate surface area is 154 Å². The summed E-state index contributed by atoms with van der Waals surface area (Å²) in [5.74, 6) is 0.181. The Hall–Kier alpha value is -2.80. The van der Waals surface area contributed by atoms with Crippen LogP contribution in [-0.4, -0.2) is 31.8 Å². The van der Waals surface area contributed by atoms with Crippen LogP contribution in [0.15, 0.2) is 46.8 Å². The van der Waals surface area contributed by atoms with Crippen LogP contribution in [0.3, 0.4) is 0 Å². The summed E-state index contributed by atoms with van der Waals surface area (Å²) < 4.78 is 0. The van der Waals surface area contributed by atoms with Gasteiger partial charge in [-0.25, -0.2) is 9.97 Å². The number of aryl methyl sites for hydroxylation is 1. The largest absolute Gasteiger partial charge is 0.329 e. The molecule has 6 nitrogen and oxygen atoms in total. The smallest absolute Gasteiger partial charge is 0.264 e. The second-order valence-electron chi connectivity index (χ2n) is 6.43. The van der Waals surface area contributed by atoms with Crippen LogP contribution in [0.5, 0.6) is 0 Å². The molecule has 1 N–H and O–H groups in total. The number of nitrogens with one attached hydrogen (secondary N) is 1. The molecule has 1 aliphatic carbocycles. The molecule has 4 rings (SSSR count). The van der Waals surface area contributed by atoms with E-state index >= 15 is 0 Å². The van der Waals surface area contributed by atoms with Gasteiger partial charge < -0.3 is 9.88 Å². The molecular formula is C19H18N4O2S. The number of hydrogen-bond donors (Lipinski definition) is 1. The third kappa shape index (κ3) is 3.43. The monoisotopic (exact) mass is 366 g/mol. The van der Waals surface area contributed by atoms with Gasteiger partial charge >= 0.3 is 0 Å². The molecule has 1 fully saturated rings. The van der Waals surface area contributed by atoms with Gasteiger partial charge in [0.05, 0.1) is 6.54 Å². The number of H-pyrrole nitrogens is 1. The summed E-state index contributed by atoms with van der Waals surface area (Å²) in [6, 6.07) is 7.89. The van der Waals surface area contributed by atoms with Gasteiger partial charge in [0.2, 0.25) is 0 Å². The molecule has 26 heavy (non-hydrogen) atoms. The minimum absolute atomic E-state index is 0.0739. The maximum absolute atomic E-state index is 12.9. The molecule has 0 bridgehead atoms. The van der Waals surface area contributed by atoms with Crippen molar-refractivity contribution in [1.82, 2.24) is 19.9 Å². The number of nitrogens with zero attached hydrogens (tertiary/aromatic N) is 3. The number of amides is 1. The van der Waals surface area contributed by atoms with E-state index in [0.29, 0.717) is 12.4 Å². The zero-order valence-corrected chi connectivity index (χ0v) is 15.1. The Kier molecular flexibility index (Phi) is 4.38. The standard InChI is InChI=1S/C19H18N4O2S/c1-12-3-2-4-13(9-12)17-21-10-15(18(24)22-17)19(25)23(14-5-6-14)11-16-20-7-8-26-16/h2-4,7-10,14H,5-6,11H2,1H3,(H,21,22,24). The van der Waals surface area contributed by atoms with Crippen LogP contribution in [0.2, 0.25) is 0 Å². The van der Waals surface area contributed by atoms with E-state index in [0.717, 1.165) is 29.0 Å². The molecule has 1 saturated carbocycles. The predicted molar refractivity (Wildman–Crippen MR) is 100 cm³/mol. The molecule has 1 aromatic carbocycles. The molecule has 3 aromatic rings. The molecule has 0 radical (unpaired) electrons. The SMILES string of the molecule is Cc1cccc(-c2ncc(C(=O)N(Cc3nccs3)C3CC3)c(=O)[nH]2)c1. The number of aromatic amines is 1. The van der Waals surface area contributed by atoms with Crippen molar-refractivity contribution < 1.29 is 4.79 Å². The van der Waals surface area contributed by atoms with Crippen LogP contribution < -0.4 is 5.56 Å². The van der Waals surface area contributed by atoms with Gasteiger partial charge in [-0.2, -0.15) is 0 Å². The fourth-order valence-corrected chi connectivity index (χ4v) is 3.48. The average molecular weight is 366 g/mol.